The SMILES string of the molecule is COc1cnc2cccc([C@@H](O)CC[C@@H]3CCN(CC(=O)Nc4nccs4)C[C@@H]3C(=O)O)c2c1. The minimum Gasteiger partial charge on any atom is -0.495 e. The molecule has 4 rings (SSSR count). The maximum absolute atomic E-state index is 12.3. The molecule has 1 aliphatic rings. The summed E-state index contributed by atoms with van der Waals surface area (Å²) in [5.74, 6) is -1.13. The van der Waals surface area contributed by atoms with E-state index in [1.807, 2.05) is 29.2 Å². The number of hydrogen-bond donors (Lipinski definition) is 3. The lowest BCUT2D eigenvalue weighted by molar-refractivity contribution is -0.146. The number of anilines is 1. The fourth-order valence-corrected chi connectivity index (χ4v) is 5.11. The third kappa shape index (κ3) is 5.69. The van der Waals surface area contributed by atoms with Gasteiger partial charge in [-0.05, 0) is 49.4 Å². The van der Waals surface area contributed by atoms with Gasteiger partial charge in [-0.1, -0.05) is 12.1 Å². The van der Waals surface area contributed by atoms with Gasteiger partial charge in [-0.2, -0.15) is 0 Å². The average Bonchev–Trinajstić information content (AvgIpc) is 3.35. The molecule has 0 spiro atoms. The van der Waals surface area contributed by atoms with Crippen molar-refractivity contribution in [1.82, 2.24) is 14.9 Å². The molecule has 2 aromatic heterocycles. The van der Waals surface area contributed by atoms with Crippen LogP contribution in [0, 0.1) is 11.8 Å². The van der Waals surface area contributed by atoms with E-state index in [0.717, 1.165) is 16.5 Å². The molecule has 3 aromatic rings. The summed E-state index contributed by atoms with van der Waals surface area (Å²) in [6, 6.07) is 7.46. The van der Waals surface area contributed by atoms with Gasteiger partial charge in [0, 0.05) is 23.5 Å². The number of benzene rings is 1. The van der Waals surface area contributed by atoms with Crippen LogP contribution in [0.25, 0.3) is 10.9 Å². The number of nitrogens with one attached hydrogen (secondary N) is 1. The first-order valence-corrected chi connectivity index (χ1v) is 12.1. The number of aliphatic hydroxyl groups excluding tert-OH is 1. The molecule has 1 saturated heterocycles. The number of aliphatic carboxylic acids is 1. The van der Waals surface area contributed by atoms with E-state index in [4.69, 9.17) is 4.74 Å². The summed E-state index contributed by atoms with van der Waals surface area (Å²) in [5.41, 5.74) is 1.53. The van der Waals surface area contributed by atoms with Crippen molar-refractivity contribution < 1.29 is 24.5 Å². The number of thiazole rings is 1. The Morgan fingerprint density at radius 3 is 2.94 bits per heavy atom. The first kappa shape index (κ1) is 24.1. The summed E-state index contributed by atoms with van der Waals surface area (Å²) in [7, 11) is 1.57. The van der Waals surface area contributed by atoms with Gasteiger partial charge < -0.3 is 20.3 Å². The van der Waals surface area contributed by atoms with Gasteiger partial charge in [0.1, 0.15) is 5.75 Å². The van der Waals surface area contributed by atoms with E-state index >= 15 is 0 Å². The predicted octanol–water partition coefficient (Wildman–Crippen LogP) is 3.17. The molecule has 3 heterocycles. The van der Waals surface area contributed by atoms with E-state index < -0.39 is 18.0 Å². The van der Waals surface area contributed by atoms with Crippen LogP contribution in [0.4, 0.5) is 5.13 Å². The third-order valence-electron chi connectivity index (χ3n) is 6.34. The topological polar surface area (TPSA) is 125 Å². The molecule has 3 atom stereocenters. The monoisotopic (exact) mass is 484 g/mol. The molecule has 180 valence electrons. The molecule has 0 saturated carbocycles. The molecule has 1 aliphatic heterocycles. The lowest BCUT2D eigenvalue weighted by Crippen LogP contribution is -2.46. The summed E-state index contributed by atoms with van der Waals surface area (Å²) >= 11 is 1.34. The number of carboxylic acid groups (broad SMARTS) is 1. The first-order chi connectivity index (χ1) is 16.4. The molecule has 1 aromatic carbocycles. The van der Waals surface area contributed by atoms with E-state index in [2.05, 4.69) is 15.3 Å². The second kappa shape index (κ2) is 10.9. The quantitative estimate of drug-likeness (QED) is 0.423. The fourth-order valence-electron chi connectivity index (χ4n) is 4.57. The number of rotatable bonds is 9. The first-order valence-electron chi connectivity index (χ1n) is 11.2. The standard InChI is InChI=1S/C24H28N4O5S/c1-33-16-11-18-17(3-2-4-20(18)26-12-16)21(29)6-5-15-7-9-28(13-19(15)23(31)32)14-22(30)27-24-25-8-10-34-24/h2-4,8,10-12,15,19,21,29H,5-7,9,13-14H2,1H3,(H,31,32)(H,25,27,30)/t15-,19+,21+/m1/s1. The van der Waals surface area contributed by atoms with Crippen LogP contribution in [0.3, 0.4) is 0 Å². The van der Waals surface area contributed by atoms with Crippen LogP contribution in [0.2, 0.25) is 0 Å². The molecule has 9 nitrogen and oxygen atoms in total. The summed E-state index contributed by atoms with van der Waals surface area (Å²) < 4.78 is 5.27. The fraction of sp³-hybridized carbons (Fsp3) is 0.417. The van der Waals surface area contributed by atoms with Crippen LogP contribution < -0.4 is 10.1 Å². The van der Waals surface area contributed by atoms with Crippen LogP contribution in [0.5, 0.6) is 5.75 Å². The summed E-state index contributed by atoms with van der Waals surface area (Å²) in [6.07, 6.45) is 4.18. The summed E-state index contributed by atoms with van der Waals surface area (Å²) in [6.45, 7) is 1.06. The van der Waals surface area contributed by atoms with Gasteiger partial charge in [0.05, 0.1) is 37.4 Å². The number of carbonyl (C=O) groups is 2. The number of ether oxygens (including phenoxy) is 1. The molecular weight excluding hydrogens is 456 g/mol. The molecule has 34 heavy (non-hydrogen) atoms. The van der Waals surface area contributed by atoms with E-state index in [0.29, 0.717) is 43.2 Å². The molecule has 0 aliphatic carbocycles. The Bertz CT molecular complexity index is 1140. The normalized spacial score (nSPS) is 19.6. The number of amides is 1. The smallest absolute Gasteiger partial charge is 0.308 e. The number of fused-ring (bicyclic) bond motifs is 1. The Labute approximate surface area is 201 Å². The molecule has 3 N–H and O–H groups in total. The van der Waals surface area contributed by atoms with Gasteiger partial charge in [0.2, 0.25) is 5.91 Å². The van der Waals surface area contributed by atoms with Crippen molar-refractivity contribution >= 4 is 39.2 Å². The van der Waals surface area contributed by atoms with Crippen molar-refractivity contribution in [1.29, 1.82) is 0 Å². The van der Waals surface area contributed by atoms with Crippen molar-refractivity contribution in [3.8, 4) is 5.75 Å². The number of nitrogens with zero attached hydrogens (tertiary/aromatic N) is 3. The Morgan fingerprint density at radius 2 is 2.21 bits per heavy atom. The predicted molar refractivity (Wildman–Crippen MR) is 129 cm³/mol. The highest BCUT2D eigenvalue weighted by Gasteiger charge is 2.35. The van der Waals surface area contributed by atoms with Gasteiger partial charge in [0.25, 0.3) is 0 Å². The Hall–Kier alpha value is -3.08. The summed E-state index contributed by atoms with van der Waals surface area (Å²) in [5, 5.41) is 26.6. The van der Waals surface area contributed by atoms with Crippen molar-refractivity contribution in [2.75, 3.05) is 32.1 Å². The van der Waals surface area contributed by atoms with Crippen LogP contribution >= 0.6 is 11.3 Å². The van der Waals surface area contributed by atoms with E-state index in [1.165, 1.54) is 11.3 Å². The molecule has 0 bridgehead atoms. The Morgan fingerprint density at radius 1 is 1.35 bits per heavy atom. The highest BCUT2D eigenvalue weighted by atomic mass is 32.1. The van der Waals surface area contributed by atoms with E-state index in [1.54, 1.807) is 24.9 Å². The van der Waals surface area contributed by atoms with Crippen LogP contribution in [0.1, 0.15) is 30.9 Å². The van der Waals surface area contributed by atoms with Crippen molar-refractivity contribution in [2.24, 2.45) is 11.8 Å². The molecule has 0 radical (unpaired) electrons. The molecule has 1 fully saturated rings. The van der Waals surface area contributed by atoms with E-state index in [9.17, 15) is 19.8 Å². The number of methoxy groups -OCH3 is 1. The maximum Gasteiger partial charge on any atom is 0.308 e. The highest BCUT2D eigenvalue weighted by Crippen LogP contribution is 2.33. The second-order valence-electron chi connectivity index (χ2n) is 8.50. The number of hydrogen-bond acceptors (Lipinski definition) is 8. The minimum absolute atomic E-state index is 0.0759. The van der Waals surface area contributed by atoms with Crippen molar-refractivity contribution in [3.63, 3.8) is 0 Å². The highest BCUT2D eigenvalue weighted by molar-refractivity contribution is 7.13. The van der Waals surface area contributed by atoms with Gasteiger partial charge in [-0.3, -0.25) is 19.5 Å². The van der Waals surface area contributed by atoms with Crippen LogP contribution in [-0.4, -0.2) is 63.7 Å². The van der Waals surface area contributed by atoms with Crippen LogP contribution in [0.15, 0.2) is 42.0 Å². The van der Waals surface area contributed by atoms with Gasteiger partial charge in [0.15, 0.2) is 5.13 Å². The number of likely N-dealkylation sites (tertiary alicyclic amines) is 1. The van der Waals surface area contributed by atoms with E-state index in [-0.39, 0.29) is 18.4 Å². The number of carboxylic acids is 1. The maximum atomic E-state index is 12.3. The number of carbonyl (C=O) groups excluding carboxylic acids is 1. The summed E-state index contributed by atoms with van der Waals surface area (Å²) in [4.78, 5) is 34.6. The van der Waals surface area contributed by atoms with Gasteiger partial charge >= 0.3 is 5.97 Å². The Kier molecular flexibility index (Phi) is 7.71. The van der Waals surface area contributed by atoms with Crippen LogP contribution in [-0.2, 0) is 9.59 Å². The third-order valence-corrected chi connectivity index (χ3v) is 7.03. The van der Waals surface area contributed by atoms with Gasteiger partial charge in [-0.25, -0.2) is 4.98 Å². The molecule has 0 unspecified atom stereocenters. The zero-order chi connectivity index (χ0) is 24.1. The molecular formula is C24H28N4O5S. The number of aliphatic hydroxyl groups is 1. The van der Waals surface area contributed by atoms with Gasteiger partial charge in [-0.15, -0.1) is 11.3 Å². The Balaban J connectivity index is 1.37. The second-order valence-corrected chi connectivity index (χ2v) is 9.39. The number of piperidine rings is 1. The number of aromatic nitrogens is 2. The largest absolute Gasteiger partial charge is 0.495 e. The lowest BCUT2D eigenvalue weighted by Gasteiger charge is -2.36. The van der Waals surface area contributed by atoms with Crippen molar-refractivity contribution in [3.05, 3.63) is 47.6 Å². The zero-order valence-corrected chi connectivity index (χ0v) is 19.7. The van der Waals surface area contributed by atoms with Crippen molar-refractivity contribution in [2.45, 2.75) is 25.4 Å². The number of pyridine rings is 1. The minimum atomic E-state index is -0.872. The zero-order valence-electron chi connectivity index (χ0n) is 18.9. The molecule has 10 heteroatoms. The lowest BCUT2D eigenvalue weighted by atomic mass is 9.81. The average molecular weight is 485 g/mol. The molecule has 1 amide bonds.